The molecule has 0 saturated heterocycles. The van der Waals surface area contributed by atoms with Crippen molar-refractivity contribution in [1.82, 2.24) is 0 Å². The number of fused-ring (bicyclic) bond motifs is 6. The third-order valence-electron chi connectivity index (χ3n) is 7.73. The van der Waals surface area contributed by atoms with Crippen molar-refractivity contribution >= 4 is 53.4 Å². The van der Waals surface area contributed by atoms with Crippen molar-refractivity contribution in [2.24, 2.45) is 0 Å². The SMILES string of the molecule is N#Cc1cc(-c2cccc3c2sc2ccccc23)cc(-c2ccccc2)c1-c1cccc2c1oc1ccccc12. The number of thiophene rings is 1. The summed E-state index contributed by atoms with van der Waals surface area (Å²) >= 11 is 1.81. The van der Waals surface area contributed by atoms with Crippen LogP contribution in [-0.4, -0.2) is 0 Å². The van der Waals surface area contributed by atoms with Crippen LogP contribution in [0.1, 0.15) is 5.56 Å². The highest BCUT2D eigenvalue weighted by Crippen LogP contribution is 2.45. The third-order valence-corrected chi connectivity index (χ3v) is 8.95. The maximum absolute atomic E-state index is 10.6. The number of hydrogen-bond acceptors (Lipinski definition) is 3. The molecule has 0 unspecified atom stereocenters. The van der Waals surface area contributed by atoms with Gasteiger partial charge in [-0.1, -0.05) is 103 Å². The largest absolute Gasteiger partial charge is 0.455 e. The van der Waals surface area contributed by atoms with E-state index >= 15 is 0 Å². The van der Waals surface area contributed by atoms with Gasteiger partial charge in [0.2, 0.25) is 0 Å². The summed E-state index contributed by atoms with van der Waals surface area (Å²) in [5.41, 5.74) is 8.35. The molecule has 0 aliphatic heterocycles. The zero-order chi connectivity index (χ0) is 26.6. The second kappa shape index (κ2) is 8.95. The number of nitriles is 1. The highest BCUT2D eigenvalue weighted by Gasteiger charge is 2.21. The molecule has 8 aromatic rings. The Morgan fingerprint density at radius 3 is 2.10 bits per heavy atom. The normalized spacial score (nSPS) is 11.5. The molecule has 0 saturated carbocycles. The van der Waals surface area contributed by atoms with Gasteiger partial charge in [0.15, 0.2) is 0 Å². The first-order valence-electron chi connectivity index (χ1n) is 13.2. The lowest BCUT2D eigenvalue weighted by Crippen LogP contribution is -1.93. The quantitative estimate of drug-likeness (QED) is 0.229. The molecule has 0 aliphatic rings. The Hall–Kier alpha value is -5.17. The van der Waals surface area contributed by atoms with Gasteiger partial charge < -0.3 is 4.42 Å². The average molecular weight is 528 g/mol. The molecule has 6 aromatic carbocycles. The van der Waals surface area contributed by atoms with Crippen molar-refractivity contribution in [1.29, 1.82) is 5.26 Å². The molecule has 8 rings (SSSR count). The van der Waals surface area contributed by atoms with Crippen LogP contribution in [0.3, 0.4) is 0 Å². The Kier molecular flexibility index (Phi) is 5.10. The minimum absolute atomic E-state index is 0.627. The molecule has 0 bridgehead atoms. The molecule has 186 valence electrons. The summed E-state index contributed by atoms with van der Waals surface area (Å²) in [5, 5.41) is 15.2. The van der Waals surface area contributed by atoms with Crippen molar-refractivity contribution in [3.05, 3.63) is 133 Å². The third kappa shape index (κ3) is 3.41. The molecule has 40 heavy (non-hydrogen) atoms. The van der Waals surface area contributed by atoms with Crippen molar-refractivity contribution in [3.8, 4) is 39.4 Å². The molecule has 0 atom stereocenters. The van der Waals surface area contributed by atoms with Crippen LogP contribution < -0.4 is 0 Å². The van der Waals surface area contributed by atoms with Gasteiger partial charge in [0.05, 0.1) is 11.6 Å². The number of rotatable bonds is 3. The molecule has 0 spiro atoms. The van der Waals surface area contributed by atoms with Gasteiger partial charge in [-0.3, -0.25) is 0 Å². The maximum atomic E-state index is 10.6. The molecule has 0 radical (unpaired) electrons. The second-order valence-corrected chi connectivity index (χ2v) is 11.0. The van der Waals surface area contributed by atoms with Crippen molar-refractivity contribution in [2.45, 2.75) is 0 Å². The highest BCUT2D eigenvalue weighted by atomic mass is 32.1. The minimum Gasteiger partial charge on any atom is -0.455 e. The number of benzene rings is 6. The summed E-state index contributed by atoms with van der Waals surface area (Å²) in [5.74, 6) is 0. The Bertz CT molecular complexity index is 2280. The first-order valence-corrected chi connectivity index (χ1v) is 14.1. The van der Waals surface area contributed by atoms with Gasteiger partial charge >= 0.3 is 0 Å². The van der Waals surface area contributed by atoms with E-state index in [9.17, 15) is 5.26 Å². The Balaban J connectivity index is 1.46. The lowest BCUT2D eigenvalue weighted by molar-refractivity contribution is 0.670. The summed E-state index contributed by atoms with van der Waals surface area (Å²) in [7, 11) is 0. The number of hydrogen-bond donors (Lipinski definition) is 0. The van der Waals surface area contributed by atoms with Crippen LogP contribution in [0.2, 0.25) is 0 Å². The van der Waals surface area contributed by atoms with E-state index in [0.717, 1.165) is 55.3 Å². The molecule has 0 amide bonds. The van der Waals surface area contributed by atoms with E-state index in [2.05, 4.69) is 91.0 Å². The first-order chi connectivity index (χ1) is 19.8. The minimum atomic E-state index is 0.627. The van der Waals surface area contributed by atoms with Gasteiger partial charge in [-0.05, 0) is 46.5 Å². The zero-order valence-electron chi connectivity index (χ0n) is 21.4. The lowest BCUT2D eigenvalue weighted by atomic mass is 9.86. The summed E-state index contributed by atoms with van der Waals surface area (Å²) < 4.78 is 8.93. The van der Waals surface area contributed by atoms with Crippen LogP contribution in [0.25, 0.3) is 75.5 Å². The van der Waals surface area contributed by atoms with Gasteiger partial charge in [-0.15, -0.1) is 11.3 Å². The topological polar surface area (TPSA) is 36.9 Å². The van der Waals surface area contributed by atoms with Crippen LogP contribution in [0.4, 0.5) is 0 Å². The fourth-order valence-electron chi connectivity index (χ4n) is 5.94. The zero-order valence-corrected chi connectivity index (χ0v) is 22.2. The number of para-hydroxylation sites is 2. The van der Waals surface area contributed by atoms with E-state index < -0.39 is 0 Å². The fraction of sp³-hybridized carbons (Fsp3) is 0. The number of furan rings is 1. The second-order valence-electron chi connectivity index (χ2n) is 9.99. The molecule has 2 heterocycles. The highest BCUT2D eigenvalue weighted by molar-refractivity contribution is 7.26. The molecular formula is C37H21NOS. The Labute approximate surface area is 235 Å². The van der Waals surface area contributed by atoms with Crippen LogP contribution in [0.15, 0.2) is 132 Å². The predicted octanol–water partition coefficient (Wildman–Crippen LogP) is 10.8. The van der Waals surface area contributed by atoms with Gasteiger partial charge in [0.25, 0.3) is 0 Å². The van der Waals surface area contributed by atoms with Gasteiger partial charge in [-0.2, -0.15) is 5.26 Å². The molecule has 3 heteroatoms. The predicted molar refractivity (Wildman–Crippen MR) is 168 cm³/mol. The van der Waals surface area contributed by atoms with Crippen molar-refractivity contribution in [3.63, 3.8) is 0 Å². The number of nitrogens with zero attached hydrogens (tertiary/aromatic N) is 1. The van der Waals surface area contributed by atoms with Crippen molar-refractivity contribution < 1.29 is 4.42 Å². The molecule has 2 nitrogen and oxygen atoms in total. The molecular weight excluding hydrogens is 506 g/mol. The van der Waals surface area contributed by atoms with Gasteiger partial charge in [0.1, 0.15) is 11.2 Å². The van der Waals surface area contributed by atoms with Gasteiger partial charge in [0, 0.05) is 42.1 Å². The maximum Gasteiger partial charge on any atom is 0.143 e. The average Bonchev–Trinajstić information content (AvgIpc) is 3.59. The summed E-state index contributed by atoms with van der Waals surface area (Å²) in [4.78, 5) is 0. The molecule has 0 N–H and O–H groups in total. The van der Waals surface area contributed by atoms with Crippen LogP contribution in [0.5, 0.6) is 0 Å². The summed E-state index contributed by atoms with van der Waals surface area (Å²) in [6.45, 7) is 0. The monoisotopic (exact) mass is 527 g/mol. The molecule has 0 fully saturated rings. The van der Waals surface area contributed by atoms with Crippen LogP contribution in [-0.2, 0) is 0 Å². The van der Waals surface area contributed by atoms with Crippen molar-refractivity contribution in [2.75, 3.05) is 0 Å². The fourth-order valence-corrected chi connectivity index (χ4v) is 7.18. The van der Waals surface area contributed by atoms with E-state index in [4.69, 9.17) is 4.42 Å². The Morgan fingerprint density at radius 2 is 1.25 bits per heavy atom. The van der Waals surface area contributed by atoms with E-state index in [1.807, 2.05) is 42.5 Å². The first kappa shape index (κ1) is 22.8. The van der Waals surface area contributed by atoms with E-state index in [1.165, 1.54) is 20.2 Å². The Morgan fingerprint density at radius 1 is 0.550 bits per heavy atom. The van der Waals surface area contributed by atoms with Crippen LogP contribution >= 0.6 is 11.3 Å². The van der Waals surface area contributed by atoms with Gasteiger partial charge in [-0.25, -0.2) is 0 Å². The van der Waals surface area contributed by atoms with E-state index in [-0.39, 0.29) is 0 Å². The lowest BCUT2D eigenvalue weighted by Gasteiger charge is -2.16. The smallest absolute Gasteiger partial charge is 0.143 e. The standard InChI is InChI=1S/C37H21NOS/c38-22-25-20-24(26-14-8-16-30-28-13-5-7-19-34(28)40-37(26)30)21-32(23-10-2-1-3-11-23)35(25)31-17-9-15-29-27-12-4-6-18-33(27)39-36(29)31/h1-21H. The molecule has 2 aromatic heterocycles. The van der Waals surface area contributed by atoms with Crippen LogP contribution in [0, 0.1) is 11.3 Å². The molecule has 0 aliphatic carbocycles. The van der Waals surface area contributed by atoms with E-state index in [0.29, 0.717) is 5.56 Å². The summed E-state index contributed by atoms with van der Waals surface area (Å²) in [6.07, 6.45) is 0. The summed E-state index contributed by atoms with van der Waals surface area (Å²) in [6, 6.07) is 46.5. The van der Waals surface area contributed by atoms with E-state index in [1.54, 1.807) is 11.3 Å².